The maximum absolute atomic E-state index is 11.7. The molecule has 1 rings (SSSR count). The van der Waals surface area contributed by atoms with Gasteiger partial charge in [-0.25, -0.2) is 4.79 Å². The molecular weight excluding hydrogens is 226 g/mol. The molecule has 0 aliphatic rings. The van der Waals surface area contributed by atoms with E-state index in [4.69, 9.17) is 11.2 Å². The highest BCUT2D eigenvalue weighted by Crippen LogP contribution is 2.17. The number of carbonyl (C=O) groups excluding carboxylic acids is 1. The van der Waals surface area contributed by atoms with Crippen molar-refractivity contribution in [1.82, 2.24) is 5.32 Å². The maximum atomic E-state index is 11.7. The van der Waals surface area contributed by atoms with Gasteiger partial charge < -0.3 is 10.1 Å². The van der Waals surface area contributed by atoms with Crippen LogP contribution in [0.15, 0.2) is 30.3 Å². The van der Waals surface area contributed by atoms with E-state index in [0.717, 1.165) is 5.56 Å². The van der Waals surface area contributed by atoms with Gasteiger partial charge in [-0.2, -0.15) is 0 Å². The van der Waals surface area contributed by atoms with Crippen molar-refractivity contribution in [3.8, 4) is 12.3 Å². The van der Waals surface area contributed by atoms with E-state index < -0.39 is 11.7 Å². The molecule has 0 aliphatic heterocycles. The smallest absolute Gasteiger partial charge is 0.408 e. The van der Waals surface area contributed by atoms with Gasteiger partial charge in [0.25, 0.3) is 0 Å². The number of ether oxygens (including phenoxy) is 1. The Kier molecular flexibility index (Phi) is 4.79. The molecule has 0 radical (unpaired) electrons. The van der Waals surface area contributed by atoms with E-state index in [-0.39, 0.29) is 6.04 Å². The van der Waals surface area contributed by atoms with Crippen LogP contribution in [-0.4, -0.2) is 11.7 Å². The van der Waals surface area contributed by atoms with E-state index in [1.54, 1.807) is 0 Å². The van der Waals surface area contributed by atoms with Crippen LogP contribution in [0.5, 0.6) is 0 Å². The third-order valence-electron chi connectivity index (χ3n) is 2.21. The predicted molar refractivity (Wildman–Crippen MR) is 72.0 cm³/mol. The van der Waals surface area contributed by atoms with Crippen LogP contribution in [0.25, 0.3) is 0 Å². The van der Waals surface area contributed by atoms with Crippen molar-refractivity contribution >= 4 is 6.09 Å². The Balaban J connectivity index is 2.71. The van der Waals surface area contributed by atoms with Gasteiger partial charge in [-0.3, -0.25) is 0 Å². The number of alkyl carbamates (subject to hydrolysis) is 1. The average Bonchev–Trinajstić information content (AvgIpc) is 2.27. The predicted octanol–water partition coefficient (Wildman–Crippen LogP) is 3.28. The van der Waals surface area contributed by atoms with E-state index in [9.17, 15) is 4.79 Å². The number of hydrogen-bond acceptors (Lipinski definition) is 2. The minimum atomic E-state index is -0.512. The van der Waals surface area contributed by atoms with Gasteiger partial charge in [0.05, 0.1) is 6.04 Å². The molecule has 1 aromatic rings. The molecule has 0 saturated heterocycles. The van der Waals surface area contributed by atoms with Crippen LogP contribution in [-0.2, 0) is 4.74 Å². The summed E-state index contributed by atoms with van der Waals surface area (Å²) >= 11 is 0. The third-order valence-corrected chi connectivity index (χ3v) is 2.21. The summed E-state index contributed by atoms with van der Waals surface area (Å²) in [6.07, 6.45) is 5.31. The fourth-order valence-corrected chi connectivity index (χ4v) is 1.51. The van der Waals surface area contributed by atoms with Crippen molar-refractivity contribution in [2.45, 2.75) is 38.8 Å². The van der Waals surface area contributed by atoms with E-state index >= 15 is 0 Å². The first-order chi connectivity index (χ1) is 8.42. The molecule has 1 amide bonds. The van der Waals surface area contributed by atoms with Crippen molar-refractivity contribution < 1.29 is 9.53 Å². The summed E-state index contributed by atoms with van der Waals surface area (Å²) in [6, 6.07) is 9.39. The largest absolute Gasteiger partial charge is 0.444 e. The van der Waals surface area contributed by atoms with Crippen molar-refractivity contribution in [3.05, 3.63) is 35.9 Å². The topological polar surface area (TPSA) is 38.3 Å². The van der Waals surface area contributed by atoms with Gasteiger partial charge in [-0.1, -0.05) is 30.3 Å². The second kappa shape index (κ2) is 6.11. The second-order valence-electron chi connectivity index (χ2n) is 5.02. The monoisotopic (exact) mass is 245 g/mol. The molecule has 1 atom stereocenters. The Bertz CT molecular complexity index is 426. The van der Waals surface area contributed by atoms with E-state index in [1.807, 2.05) is 51.1 Å². The Labute approximate surface area is 109 Å². The first-order valence-electron chi connectivity index (χ1n) is 5.90. The highest BCUT2D eigenvalue weighted by molar-refractivity contribution is 5.68. The summed E-state index contributed by atoms with van der Waals surface area (Å²) in [5, 5.41) is 2.79. The molecule has 0 aliphatic carbocycles. The number of amides is 1. The number of carbonyl (C=O) groups is 1. The van der Waals surface area contributed by atoms with Crippen molar-refractivity contribution in [2.24, 2.45) is 0 Å². The Morgan fingerprint density at radius 2 is 2.00 bits per heavy atom. The maximum Gasteiger partial charge on any atom is 0.408 e. The molecule has 0 aromatic heterocycles. The Hall–Kier alpha value is -1.95. The summed E-state index contributed by atoms with van der Waals surface area (Å²) in [5.74, 6) is 2.56. The van der Waals surface area contributed by atoms with Crippen LogP contribution in [0.1, 0.15) is 38.8 Å². The number of terminal acetylenes is 1. The van der Waals surface area contributed by atoms with E-state index in [2.05, 4.69) is 11.2 Å². The van der Waals surface area contributed by atoms with Gasteiger partial charge in [-0.05, 0) is 26.3 Å². The zero-order valence-electron chi connectivity index (χ0n) is 11.1. The van der Waals surface area contributed by atoms with Gasteiger partial charge in [0.15, 0.2) is 0 Å². The number of rotatable bonds is 3. The van der Waals surface area contributed by atoms with Crippen LogP contribution >= 0.6 is 0 Å². The lowest BCUT2D eigenvalue weighted by molar-refractivity contribution is 0.0504. The first kappa shape index (κ1) is 14.1. The molecule has 0 saturated carbocycles. The van der Waals surface area contributed by atoms with Crippen LogP contribution < -0.4 is 5.32 Å². The van der Waals surface area contributed by atoms with Crippen LogP contribution in [0.4, 0.5) is 4.79 Å². The normalized spacial score (nSPS) is 12.3. The third kappa shape index (κ3) is 4.92. The summed E-state index contributed by atoms with van der Waals surface area (Å²) in [7, 11) is 0. The molecule has 0 spiro atoms. The minimum Gasteiger partial charge on any atom is -0.444 e. The lowest BCUT2D eigenvalue weighted by atomic mass is 10.0. The van der Waals surface area contributed by atoms with Gasteiger partial charge >= 0.3 is 6.09 Å². The van der Waals surface area contributed by atoms with E-state index in [0.29, 0.717) is 6.42 Å². The number of hydrogen-bond donors (Lipinski definition) is 1. The molecule has 0 fully saturated rings. The summed E-state index contributed by atoms with van der Waals surface area (Å²) in [5.41, 5.74) is 0.461. The average molecular weight is 245 g/mol. The molecule has 1 N–H and O–H groups in total. The van der Waals surface area contributed by atoms with Crippen LogP contribution in [0.3, 0.4) is 0 Å². The van der Waals surface area contributed by atoms with Crippen molar-refractivity contribution in [2.75, 3.05) is 0 Å². The molecule has 3 nitrogen and oxygen atoms in total. The van der Waals surface area contributed by atoms with Crippen LogP contribution in [0, 0.1) is 12.3 Å². The molecular formula is C15H19NO2. The molecule has 0 unspecified atom stereocenters. The number of benzene rings is 1. The molecule has 0 bridgehead atoms. The molecule has 96 valence electrons. The highest BCUT2D eigenvalue weighted by Gasteiger charge is 2.19. The Morgan fingerprint density at radius 3 is 2.50 bits per heavy atom. The minimum absolute atomic E-state index is 0.217. The SMILES string of the molecule is C#CC[C@@H](NC(=O)OC(C)(C)C)c1ccccc1. The molecule has 3 heteroatoms. The first-order valence-corrected chi connectivity index (χ1v) is 5.90. The Morgan fingerprint density at radius 1 is 1.39 bits per heavy atom. The molecule has 1 aromatic carbocycles. The summed E-state index contributed by atoms with van der Waals surface area (Å²) in [6.45, 7) is 5.47. The van der Waals surface area contributed by atoms with Gasteiger partial charge in [-0.15, -0.1) is 12.3 Å². The molecule has 18 heavy (non-hydrogen) atoms. The fraction of sp³-hybridized carbons (Fsp3) is 0.400. The van der Waals surface area contributed by atoms with Gasteiger partial charge in [0.2, 0.25) is 0 Å². The lowest BCUT2D eigenvalue weighted by Crippen LogP contribution is -2.34. The van der Waals surface area contributed by atoms with Crippen molar-refractivity contribution in [3.63, 3.8) is 0 Å². The number of nitrogens with one attached hydrogen (secondary N) is 1. The van der Waals surface area contributed by atoms with Gasteiger partial charge in [0.1, 0.15) is 5.60 Å². The van der Waals surface area contributed by atoms with Gasteiger partial charge in [0, 0.05) is 6.42 Å². The zero-order chi connectivity index (χ0) is 13.6. The van der Waals surface area contributed by atoms with Crippen molar-refractivity contribution in [1.29, 1.82) is 0 Å². The fourth-order valence-electron chi connectivity index (χ4n) is 1.51. The quantitative estimate of drug-likeness (QED) is 0.830. The molecule has 0 heterocycles. The highest BCUT2D eigenvalue weighted by atomic mass is 16.6. The standard InChI is InChI=1S/C15H19NO2/c1-5-9-13(12-10-7-6-8-11-12)16-14(17)18-15(2,3)4/h1,6-8,10-11,13H,9H2,2-4H3,(H,16,17)/t13-/m1/s1. The zero-order valence-corrected chi connectivity index (χ0v) is 11.1. The van der Waals surface area contributed by atoms with Crippen LogP contribution in [0.2, 0.25) is 0 Å². The lowest BCUT2D eigenvalue weighted by Gasteiger charge is -2.23. The summed E-state index contributed by atoms with van der Waals surface area (Å²) in [4.78, 5) is 11.7. The second-order valence-corrected chi connectivity index (χ2v) is 5.02. The van der Waals surface area contributed by atoms with E-state index in [1.165, 1.54) is 0 Å². The summed E-state index contributed by atoms with van der Waals surface area (Å²) < 4.78 is 5.22.